The van der Waals surface area contributed by atoms with Gasteiger partial charge in [-0.3, -0.25) is 9.79 Å². The van der Waals surface area contributed by atoms with Crippen LogP contribution in [-0.4, -0.2) is 23.8 Å². The predicted molar refractivity (Wildman–Crippen MR) is 128 cm³/mol. The Kier molecular flexibility index (Phi) is 6.08. The van der Waals surface area contributed by atoms with Gasteiger partial charge in [0.05, 0.1) is 12.2 Å². The Morgan fingerprint density at radius 2 is 2.09 bits per heavy atom. The Morgan fingerprint density at radius 3 is 2.88 bits per heavy atom. The molecule has 2 aromatic rings. The number of nitrogens with one attached hydrogen (secondary N) is 1. The Balaban J connectivity index is 1.72. The van der Waals surface area contributed by atoms with E-state index in [1.54, 1.807) is 25.3 Å². The van der Waals surface area contributed by atoms with Crippen molar-refractivity contribution in [2.24, 2.45) is 10.9 Å². The van der Waals surface area contributed by atoms with E-state index in [0.717, 1.165) is 29.7 Å². The van der Waals surface area contributed by atoms with Gasteiger partial charge >= 0.3 is 5.97 Å². The summed E-state index contributed by atoms with van der Waals surface area (Å²) < 4.78 is 5.16. The average Bonchev–Trinajstić information content (AvgIpc) is 2.76. The molecule has 2 atom stereocenters. The lowest BCUT2D eigenvalue weighted by Crippen LogP contribution is -2.40. The fraction of sp³-hybridized carbons (Fsp3) is 0.296. The molecule has 0 fully saturated rings. The number of allylic oxidation sites excluding steroid dienone is 3. The van der Waals surface area contributed by atoms with Crippen LogP contribution in [-0.2, 0) is 16.7 Å². The Hall–Kier alpha value is -3.47. The van der Waals surface area contributed by atoms with Crippen LogP contribution in [0, 0.1) is 5.92 Å². The third-order valence-electron chi connectivity index (χ3n) is 6.19. The van der Waals surface area contributed by atoms with E-state index in [2.05, 4.69) is 31.0 Å². The molecule has 4 rings (SSSR count). The number of rotatable bonds is 5. The molecule has 1 aromatic carbocycles. The molecule has 2 bridgehead atoms. The van der Waals surface area contributed by atoms with E-state index in [0.29, 0.717) is 12.2 Å². The zero-order chi connectivity index (χ0) is 22.7. The molecule has 1 N–H and O–H groups in total. The molecule has 5 nitrogen and oxygen atoms in total. The van der Waals surface area contributed by atoms with Crippen molar-refractivity contribution in [2.45, 2.75) is 39.2 Å². The smallest absolute Gasteiger partial charge is 0.338 e. The summed E-state index contributed by atoms with van der Waals surface area (Å²) in [6, 6.07) is 10.9. The predicted octanol–water partition coefficient (Wildman–Crippen LogP) is 5.00. The number of carbonyl (C=O) groups is 1. The topological polar surface area (TPSA) is 71.5 Å². The zero-order valence-electron chi connectivity index (χ0n) is 18.7. The molecule has 1 heterocycles. The number of aliphatic imine (C=N–C) groups is 1. The van der Waals surface area contributed by atoms with Gasteiger partial charge in [0, 0.05) is 35.9 Å². The lowest BCUT2D eigenvalue weighted by atomic mass is 9.63. The number of nitrogens with zero attached hydrogens (tertiary/aromatic N) is 1. The average molecular weight is 429 g/mol. The number of benzene rings is 1. The van der Waals surface area contributed by atoms with Gasteiger partial charge in [-0.1, -0.05) is 42.0 Å². The van der Waals surface area contributed by atoms with E-state index in [-0.39, 0.29) is 17.4 Å². The second-order valence-corrected chi connectivity index (χ2v) is 8.26. The fourth-order valence-corrected chi connectivity index (χ4v) is 5.01. The maximum absolute atomic E-state index is 12.2. The minimum absolute atomic E-state index is 0.0824. The Bertz CT molecular complexity index is 1220. The normalized spacial score (nSPS) is 23.4. The Morgan fingerprint density at radius 1 is 1.28 bits per heavy atom. The van der Waals surface area contributed by atoms with Crippen molar-refractivity contribution < 1.29 is 9.53 Å². The van der Waals surface area contributed by atoms with Gasteiger partial charge in [0.25, 0.3) is 0 Å². The number of carbonyl (C=O) groups excluding carboxylic acids is 1. The fourth-order valence-electron chi connectivity index (χ4n) is 5.01. The summed E-state index contributed by atoms with van der Waals surface area (Å²) in [5.74, 6) is -0.106. The molecule has 0 amide bonds. The van der Waals surface area contributed by atoms with E-state index >= 15 is 0 Å². The summed E-state index contributed by atoms with van der Waals surface area (Å²) in [5.41, 5.74) is 5.29. The van der Waals surface area contributed by atoms with Gasteiger partial charge in [-0.15, -0.1) is 0 Å². The van der Waals surface area contributed by atoms with Crippen molar-refractivity contribution in [3.05, 3.63) is 98.5 Å². The molecule has 2 aliphatic carbocycles. The largest absolute Gasteiger partial charge is 0.462 e. The quantitative estimate of drug-likeness (QED) is 0.414. The summed E-state index contributed by atoms with van der Waals surface area (Å²) in [6.07, 6.45) is 11.6. The standard InChI is InChI=1S/C27H28N2O3/c1-4-22-20-15-18(3)17-27(22,23-12-13-25(30)29-24(23)16-20)28-14-8-10-19-9-6-7-11-21(19)26(31)32-5-2/h4,6-15,20H,5,16-17H2,1-3H3,(H,29,30)/b10-8+,22-4+,28-14?. The van der Waals surface area contributed by atoms with Crippen molar-refractivity contribution in [3.63, 3.8) is 0 Å². The first kappa shape index (κ1) is 21.8. The van der Waals surface area contributed by atoms with E-state index < -0.39 is 5.54 Å². The third kappa shape index (κ3) is 3.91. The van der Waals surface area contributed by atoms with E-state index in [1.807, 2.05) is 36.4 Å². The molecule has 5 heteroatoms. The lowest BCUT2D eigenvalue weighted by molar-refractivity contribution is 0.0526. The van der Waals surface area contributed by atoms with Gasteiger partial charge in [-0.05, 0) is 56.5 Å². The molecular weight excluding hydrogens is 400 g/mol. The van der Waals surface area contributed by atoms with Gasteiger partial charge in [0.1, 0.15) is 5.54 Å². The summed E-state index contributed by atoms with van der Waals surface area (Å²) in [5, 5.41) is 0. The van der Waals surface area contributed by atoms with Crippen LogP contribution in [0.2, 0.25) is 0 Å². The molecule has 0 saturated heterocycles. The van der Waals surface area contributed by atoms with E-state index in [1.165, 1.54) is 11.1 Å². The van der Waals surface area contributed by atoms with Crippen molar-refractivity contribution in [1.82, 2.24) is 4.98 Å². The van der Waals surface area contributed by atoms with Crippen molar-refractivity contribution >= 4 is 18.3 Å². The van der Waals surface area contributed by atoms with Crippen LogP contribution >= 0.6 is 0 Å². The second kappa shape index (κ2) is 8.95. The highest BCUT2D eigenvalue weighted by Gasteiger charge is 2.46. The van der Waals surface area contributed by atoms with E-state index in [9.17, 15) is 9.59 Å². The monoisotopic (exact) mass is 428 g/mol. The van der Waals surface area contributed by atoms with Gasteiger partial charge in [0.2, 0.25) is 5.56 Å². The summed E-state index contributed by atoms with van der Waals surface area (Å²) in [4.78, 5) is 32.3. The maximum Gasteiger partial charge on any atom is 0.338 e. The summed E-state index contributed by atoms with van der Waals surface area (Å²) in [6.45, 7) is 6.34. The third-order valence-corrected chi connectivity index (χ3v) is 6.19. The van der Waals surface area contributed by atoms with Gasteiger partial charge in [0.15, 0.2) is 0 Å². The number of fused-ring (bicyclic) bond motifs is 4. The van der Waals surface area contributed by atoms with E-state index in [4.69, 9.17) is 9.73 Å². The highest BCUT2D eigenvalue weighted by Crippen LogP contribution is 2.51. The van der Waals surface area contributed by atoms with Crippen molar-refractivity contribution in [2.75, 3.05) is 6.61 Å². The molecule has 0 radical (unpaired) electrons. The number of hydrogen-bond acceptors (Lipinski definition) is 4. The van der Waals surface area contributed by atoms with Crippen LogP contribution in [0.15, 0.2) is 75.6 Å². The number of pyridine rings is 1. The minimum atomic E-state index is -0.527. The second-order valence-electron chi connectivity index (χ2n) is 8.26. The molecular formula is C27H28N2O3. The number of aromatic nitrogens is 1. The molecule has 0 aliphatic heterocycles. The molecule has 2 aliphatic rings. The maximum atomic E-state index is 12.2. The van der Waals surface area contributed by atoms with Crippen molar-refractivity contribution in [1.29, 1.82) is 0 Å². The van der Waals surface area contributed by atoms with Crippen molar-refractivity contribution in [3.8, 4) is 0 Å². The first-order valence-electron chi connectivity index (χ1n) is 11.0. The van der Waals surface area contributed by atoms with Crippen LogP contribution < -0.4 is 5.56 Å². The number of ether oxygens (including phenoxy) is 1. The molecule has 1 aromatic heterocycles. The highest BCUT2D eigenvalue weighted by atomic mass is 16.5. The minimum Gasteiger partial charge on any atom is -0.462 e. The number of esters is 1. The van der Waals surface area contributed by atoms with Crippen LogP contribution in [0.4, 0.5) is 0 Å². The number of H-pyrrole nitrogens is 1. The first-order valence-corrected chi connectivity index (χ1v) is 11.0. The zero-order valence-corrected chi connectivity index (χ0v) is 18.7. The lowest BCUT2D eigenvalue weighted by Gasteiger charge is -2.45. The van der Waals surface area contributed by atoms with Gasteiger partial charge in [-0.25, -0.2) is 4.79 Å². The highest BCUT2D eigenvalue weighted by molar-refractivity contribution is 5.94. The Labute approximate surface area is 188 Å². The SMILES string of the molecule is C/C=C1\C2C=C(C)CC1(N=C/C=C/c1ccccc1C(=O)OCC)c1ccc(=O)[nH]c1C2. The summed E-state index contributed by atoms with van der Waals surface area (Å²) in [7, 11) is 0. The number of hydrogen-bond donors (Lipinski definition) is 1. The molecule has 0 spiro atoms. The van der Waals surface area contributed by atoms with Crippen LogP contribution in [0.3, 0.4) is 0 Å². The summed E-state index contributed by atoms with van der Waals surface area (Å²) >= 11 is 0. The van der Waals surface area contributed by atoms with Crippen LogP contribution in [0.25, 0.3) is 6.08 Å². The molecule has 2 unspecified atom stereocenters. The van der Waals surface area contributed by atoms with Gasteiger partial charge in [-0.2, -0.15) is 0 Å². The number of aromatic amines is 1. The molecule has 32 heavy (non-hydrogen) atoms. The molecule has 0 saturated carbocycles. The van der Waals surface area contributed by atoms with Gasteiger partial charge < -0.3 is 9.72 Å². The van der Waals surface area contributed by atoms with Crippen LogP contribution in [0.1, 0.15) is 54.4 Å². The molecule has 164 valence electrons. The first-order chi connectivity index (χ1) is 15.5. The van der Waals surface area contributed by atoms with Crippen LogP contribution in [0.5, 0.6) is 0 Å².